The lowest BCUT2D eigenvalue weighted by atomic mass is 9.82. The van der Waals surface area contributed by atoms with Gasteiger partial charge in [-0.15, -0.1) is 0 Å². The van der Waals surface area contributed by atoms with E-state index in [0.29, 0.717) is 0 Å². The highest BCUT2D eigenvalue weighted by atomic mass is 16.3. The van der Waals surface area contributed by atoms with Crippen LogP contribution in [0.25, 0.3) is 66.4 Å². The normalized spacial score (nSPS) is 12.9. The van der Waals surface area contributed by atoms with Gasteiger partial charge in [0.2, 0.25) is 0 Å². The molecule has 0 bridgehead atoms. The van der Waals surface area contributed by atoms with Crippen LogP contribution in [0.3, 0.4) is 0 Å². The Labute approximate surface area is 323 Å². The van der Waals surface area contributed by atoms with Crippen molar-refractivity contribution < 1.29 is 4.42 Å². The summed E-state index contributed by atoms with van der Waals surface area (Å²) in [6.45, 7) is 9.17. The fraction of sp³-hybridized carbons (Fsp3) is 0.0943. The Hall–Kier alpha value is -6.64. The van der Waals surface area contributed by atoms with Crippen molar-refractivity contribution in [3.8, 4) is 44.5 Å². The van der Waals surface area contributed by atoms with Crippen LogP contribution in [0.15, 0.2) is 180 Å². The molecular weight excluding hydrogens is 667 g/mol. The predicted octanol–water partition coefficient (Wildman–Crippen LogP) is 15.0. The van der Waals surface area contributed by atoms with Gasteiger partial charge in [0.15, 0.2) is 0 Å². The number of hydrogen-bond acceptors (Lipinski definition) is 2. The molecule has 0 N–H and O–H groups in total. The van der Waals surface area contributed by atoms with Gasteiger partial charge in [0.25, 0.3) is 0 Å². The number of anilines is 3. The molecular formula is C53H41NO. The highest BCUT2D eigenvalue weighted by molar-refractivity contribution is 6.06. The summed E-state index contributed by atoms with van der Waals surface area (Å²) in [7, 11) is 0. The van der Waals surface area contributed by atoms with Gasteiger partial charge in [-0.25, -0.2) is 0 Å². The summed E-state index contributed by atoms with van der Waals surface area (Å²) in [4.78, 5) is 2.44. The topological polar surface area (TPSA) is 16.4 Å². The lowest BCUT2D eigenvalue weighted by molar-refractivity contribution is 0.660. The minimum atomic E-state index is -0.137. The maximum absolute atomic E-state index is 6.51. The highest BCUT2D eigenvalue weighted by Crippen LogP contribution is 2.52. The number of aryl methyl sites for hydroxylation is 2. The number of benzene rings is 8. The van der Waals surface area contributed by atoms with Gasteiger partial charge in [0, 0.05) is 39.2 Å². The first-order chi connectivity index (χ1) is 26.8. The zero-order valence-corrected chi connectivity index (χ0v) is 31.6. The average molecular weight is 708 g/mol. The van der Waals surface area contributed by atoms with E-state index >= 15 is 0 Å². The third kappa shape index (κ3) is 5.40. The third-order valence-electron chi connectivity index (χ3n) is 11.8. The van der Waals surface area contributed by atoms with Crippen LogP contribution in [-0.2, 0) is 5.41 Å². The molecule has 1 aromatic heterocycles. The molecule has 0 fully saturated rings. The molecule has 0 aliphatic heterocycles. The Morgan fingerprint density at radius 3 is 1.82 bits per heavy atom. The van der Waals surface area contributed by atoms with Crippen LogP contribution in [-0.4, -0.2) is 0 Å². The van der Waals surface area contributed by atoms with Crippen LogP contribution < -0.4 is 4.90 Å². The average Bonchev–Trinajstić information content (AvgIpc) is 3.70. The number of hydrogen-bond donors (Lipinski definition) is 0. The van der Waals surface area contributed by atoms with E-state index in [-0.39, 0.29) is 5.41 Å². The monoisotopic (exact) mass is 707 g/mol. The van der Waals surface area contributed by atoms with Crippen LogP contribution in [0.5, 0.6) is 0 Å². The van der Waals surface area contributed by atoms with Gasteiger partial charge in [0.05, 0.1) is 5.69 Å². The van der Waals surface area contributed by atoms with E-state index in [1.807, 2.05) is 6.07 Å². The summed E-state index contributed by atoms with van der Waals surface area (Å²) in [5.74, 6) is 0. The largest absolute Gasteiger partial charge is 0.456 e. The summed E-state index contributed by atoms with van der Waals surface area (Å²) < 4.78 is 6.51. The van der Waals surface area contributed by atoms with Gasteiger partial charge < -0.3 is 9.32 Å². The number of para-hydroxylation sites is 1. The zero-order valence-electron chi connectivity index (χ0n) is 31.6. The van der Waals surface area contributed by atoms with Crippen molar-refractivity contribution in [2.75, 3.05) is 4.90 Å². The van der Waals surface area contributed by atoms with Crippen LogP contribution in [0.4, 0.5) is 17.1 Å². The zero-order chi connectivity index (χ0) is 37.3. The second-order valence-electron chi connectivity index (χ2n) is 15.5. The van der Waals surface area contributed by atoms with Crippen LogP contribution in [0, 0.1) is 13.8 Å². The quantitative estimate of drug-likeness (QED) is 0.171. The summed E-state index contributed by atoms with van der Waals surface area (Å²) in [6, 6.07) is 64.1. The number of fused-ring (bicyclic) bond motifs is 6. The van der Waals surface area contributed by atoms with E-state index in [1.165, 1.54) is 66.8 Å². The van der Waals surface area contributed by atoms with Crippen molar-refractivity contribution in [2.24, 2.45) is 0 Å². The number of rotatable bonds is 6. The maximum atomic E-state index is 6.51. The Balaban J connectivity index is 1.20. The Bertz CT molecular complexity index is 2890. The molecule has 1 heterocycles. The van der Waals surface area contributed by atoms with Gasteiger partial charge in [0.1, 0.15) is 11.2 Å². The van der Waals surface area contributed by atoms with E-state index in [9.17, 15) is 0 Å². The standard InChI is InChI=1S/C53H41NO/c1-34-13-12-14-35(2)52(34)46-31-39(38-23-21-37(22-24-38)36-15-6-5-7-16-36)25-30-49(46)54(41-27-29-45-44-18-9-11-20-50(44)55-51(45)33-41)40-26-28-43-42-17-8-10-19-47(42)53(3,4)48(43)32-40/h5-33H,1-4H3. The molecule has 55 heavy (non-hydrogen) atoms. The van der Waals surface area contributed by atoms with Crippen molar-refractivity contribution in [1.29, 1.82) is 0 Å². The summed E-state index contributed by atoms with van der Waals surface area (Å²) in [5, 5.41) is 2.25. The minimum Gasteiger partial charge on any atom is -0.456 e. The van der Waals surface area contributed by atoms with E-state index in [1.54, 1.807) is 0 Å². The fourth-order valence-corrected chi connectivity index (χ4v) is 8.95. The fourth-order valence-electron chi connectivity index (χ4n) is 8.95. The minimum absolute atomic E-state index is 0.137. The summed E-state index contributed by atoms with van der Waals surface area (Å²) in [5.41, 5.74) is 20.0. The maximum Gasteiger partial charge on any atom is 0.137 e. The van der Waals surface area contributed by atoms with E-state index in [0.717, 1.165) is 39.0 Å². The lowest BCUT2D eigenvalue weighted by Crippen LogP contribution is -2.17. The molecule has 0 saturated heterocycles. The number of furan rings is 1. The molecule has 0 saturated carbocycles. The molecule has 1 aliphatic carbocycles. The first kappa shape index (κ1) is 33.0. The first-order valence-electron chi connectivity index (χ1n) is 19.2. The van der Waals surface area contributed by atoms with E-state index in [4.69, 9.17) is 4.42 Å². The molecule has 0 spiro atoms. The van der Waals surface area contributed by atoms with Crippen LogP contribution in [0.2, 0.25) is 0 Å². The molecule has 9 aromatic rings. The van der Waals surface area contributed by atoms with Gasteiger partial charge in [-0.2, -0.15) is 0 Å². The van der Waals surface area contributed by atoms with E-state index in [2.05, 4.69) is 202 Å². The second-order valence-corrected chi connectivity index (χ2v) is 15.5. The number of nitrogens with zero attached hydrogens (tertiary/aromatic N) is 1. The molecule has 2 nitrogen and oxygen atoms in total. The Morgan fingerprint density at radius 1 is 0.418 bits per heavy atom. The van der Waals surface area contributed by atoms with Crippen molar-refractivity contribution in [3.63, 3.8) is 0 Å². The van der Waals surface area contributed by atoms with Crippen LogP contribution >= 0.6 is 0 Å². The smallest absolute Gasteiger partial charge is 0.137 e. The van der Waals surface area contributed by atoms with Gasteiger partial charge in [-0.05, 0) is 118 Å². The predicted molar refractivity (Wildman–Crippen MR) is 232 cm³/mol. The summed E-state index contributed by atoms with van der Waals surface area (Å²) in [6.07, 6.45) is 0. The molecule has 0 radical (unpaired) electrons. The molecule has 264 valence electrons. The van der Waals surface area contributed by atoms with Crippen molar-refractivity contribution >= 4 is 39.0 Å². The molecule has 2 heteroatoms. The molecule has 1 aliphatic rings. The van der Waals surface area contributed by atoms with E-state index < -0.39 is 0 Å². The van der Waals surface area contributed by atoms with Crippen LogP contribution in [0.1, 0.15) is 36.1 Å². The molecule has 10 rings (SSSR count). The van der Waals surface area contributed by atoms with Crippen molar-refractivity contribution in [1.82, 2.24) is 0 Å². The second kappa shape index (κ2) is 12.7. The molecule has 0 amide bonds. The molecule has 8 aromatic carbocycles. The first-order valence-corrected chi connectivity index (χ1v) is 19.2. The Kier molecular flexibility index (Phi) is 7.64. The molecule has 0 atom stereocenters. The Morgan fingerprint density at radius 2 is 1.02 bits per heavy atom. The SMILES string of the molecule is Cc1cccc(C)c1-c1cc(-c2ccc(-c3ccccc3)cc2)ccc1N(c1ccc2c(c1)C(C)(C)c1ccccc1-2)c1ccc2c(c1)oc1ccccc12. The van der Waals surface area contributed by atoms with Gasteiger partial charge >= 0.3 is 0 Å². The summed E-state index contributed by atoms with van der Waals surface area (Å²) >= 11 is 0. The molecule has 0 unspecified atom stereocenters. The lowest BCUT2D eigenvalue weighted by Gasteiger charge is -2.30. The van der Waals surface area contributed by atoms with Crippen molar-refractivity contribution in [2.45, 2.75) is 33.1 Å². The van der Waals surface area contributed by atoms with Gasteiger partial charge in [-0.3, -0.25) is 0 Å². The van der Waals surface area contributed by atoms with Gasteiger partial charge in [-0.1, -0.05) is 141 Å². The van der Waals surface area contributed by atoms with Crippen molar-refractivity contribution in [3.05, 3.63) is 198 Å². The highest BCUT2D eigenvalue weighted by Gasteiger charge is 2.36. The third-order valence-corrected chi connectivity index (χ3v) is 11.8.